The molecule has 2 aliphatic heterocycles. The van der Waals surface area contributed by atoms with E-state index < -0.39 is 9.84 Å². The molecule has 0 N–H and O–H groups in total. The van der Waals surface area contributed by atoms with Crippen molar-refractivity contribution in [2.24, 2.45) is 5.92 Å². The minimum atomic E-state index is -2.88. The van der Waals surface area contributed by atoms with Crippen LogP contribution in [0.3, 0.4) is 0 Å². The highest BCUT2D eigenvalue weighted by atomic mass is 32.2. The molecule has 2 saturated heterocycles. The summed E-state index contributed by atoms with van der Waals surface area (Å²) in [7, 11) is -0.955. The lowest BCUT2D eigenvalue weighted by Crippen LogP contribution is -2.36. The van der Waals surface area contributed by atoms with Crippen molar-refractivity contribution in [3.8, 4) is 0 Å². The Morgan fingerprint density at radius 3 is 2.82 bits per heavy atom. The topological polar surface area (TPSA) is 66.4 Å². The van der Waals surface area contributed by atoms with Crippen molar-refractivity contribution in [1.82, 2.24) is 9.97 Å². The van der Waals surface area contributed by atoms with E-state index in [0.29, 0.717) is 12.3 Å². The van der Waals surface area contributed by atoms with Crippen LogP contribution in [0.2, 0.25) is 0 Å². The Morgan fingerprint density at radius 1 is 1.32 bits per heavy atom. The van der Waals surface area contributed by atoms with Gasteiger partial charge < -0.3 is 9.80 Å². The predicted molar refractivity (Wildman–Crippen MR) is 88.1 cm³/mol. The summed E-state index contributed by atoms with van der Waals surface area (Å²) in [6.45, 7) is 4.32. The molecule has 7 heteroatoms. The number of rotatable bonds is 3. The van der Waals surface area contributed by atoms with E-state index in [0.717, 1.165) is 24.7 Å². The number of aromatic nitrogens is 2. The SMILES string of the molecule is CC1CCCN(c2cc(N(C)C3CCS(=O)(=O)C3)ncn2)C1. The Hall–Kier alpha value is -1.37. The lowest BCUT2D eigenvalue weighted by atomic mass is 10.0. The van der Waals surface area contributed by atoms with Crippen LogP contribution in [0.5, 0.6) is 0 Å². The zero-order chi connectivity index (χ0) is 15.7. The van der Waals surface area contributed by atoms with Gasteiger partial charge in [-0.25, -0.2) is 18.4 Å². The van der Waals surface area contributed by atoms with Crippen LogP contribution in [0.1, 0.15) is 26.2 Å². The van der Waals surface area contributed by atoms with Crippen molar-refractivity contribution in [2.75, 3.05) is 41.4 Å². The van der Waals surface area contributed by atoms with Crippen LogP contribution in [0.15, 0.2) is 12.4 Å². The van der Waals surface area contributed by atoms with Gasteiger partial charge in [0.1, 0.15) is 18.0 Å². The Kier molecular flexibility index (Phi) is 4.25. The smallest absolute Gasteiger partial charge is 0.152 e. The van der Waals surface area contributed by atoms with Crippen molar-refractivity contribution in [3.63, 3.8) is 0 Å². The van der Waals surface area contributed by atoms with E-state index in [1.165, 1.54) is 12.8 Å². The summed E-state index contributed by atoms with van der Waals surface area (Å²) >= 11 is 0. The maximum atomic E-state index is 11.7. The molecule has 0 saturated carbocycles. The van der Waals surface area contributed by atoms with Crippen molar-refractivity contribution >= 4 is 21.5 Å². The molecule has 22 heavy (non-hydrogen) atoms. The van der Waals surface area contributed by atoms with E-state index in [2.05, 4.69) is 21.8 Å². The van der Waals surface area contributed by atoms with Gasteiger partial charge in [-0.15, -0.1) is 0 Å². The fourth-order valence-corrected chi connectivity index (χ4v) is 5.14. The molecule has 3 heterocycles. The van der Waals surface area contributed by atoms with Crippen molar-refractivity contribution in [3.05, 3.63) is 12.4 Å². The van der Waals surface area contributed by atoms with Gasteiger partial charge in [0.25, 0.3) is 0 Å². The summed E-state index contributed by atoms with van der Waals surface area (Å²) < 4.78 is 23.3. The van der Waals surface area contributed by atoms with E-state index in [1.54, 1.807) is 6.33 Å². The van der Waals surface area contributed by atoms with Gasteiger partial charge in [0.15, 0.2) is 9.84 Å². The first-order valence-corrected chi connectivity index (χ1v) is 9.77. The Morgan fingerprint density at radius 2 is 2.14 bits per heavy atom. The van der Waals surface area contributed by atoms with Gasteiger partial charge in [0, 0.05) is 32.2 Å². The highest BCUT2D eigenvalue weighted by Crippen LogP contribution is 2.26. The third-order valence-electron chi connectivity index (χ3n) is 4.74. The average Bonchev–Trinajstić information content (AvgIpc) is 2.87. The first-order chi connectivity index (χ1) is 10.4. The number of anilines is 2. The largest absolute Gasteiger partial charge is 0.356 e. The Balaban J connectivity index is 1.76. The standard InChI is InChI=1S/C15H24N4O2S/c1-12-4-3-6-19(9-12)15-8-14(16-11-17-15)18(2)13-5-7-22(20,21)10-13/h8,11-13H,3-7,9-10H2,1-2H3. The minimum absolute atomic E-state index is 0.0213. The molecule has 2 unspecified atom stereocenters. The highest BCUT2D eigenvalue weighted by molar-refractivity contribution is 7.91. The number of hydrogen-bond donors (Lipinski definition) is 0. The van der Waals surface area contributed by atoms with Crippen LogP contribution in [0.4, 0.5) is 11.6 Å². The molecule has 0 bridgehead atoms. The fourth-order valence-electron chi connectivity index (χ4n) is 3.37. The second-order valence-electron chi connectivity index (χ2n) is 6.60. The number of piperidine rings is 1. The minimum Gasteiger partial charge on any atom is -0.356 e. The molecule has 0 spiro atoms. The number of hydrogen-bond acceptors (Lipinski definition) is 6. The molecule has 0 aromatic carbocycles. The maximum absolute atomic E-state index is 11.7. The van der Waals surface area contributed by atoms with Crippen molar-refractivity contribution in [2.45, 2.75) is 32.2 Å². The molecule has 2 fully saturated rings. The summed E-state index contributed by atoms with van der Waals surface area (Å²) in [6, 6.07) is 2.01. The molecule has 2 aliphatic rings. The van der Waals surface area contributed by atoms with E-state index in [-0.39, 0.29) is 17.5 Å². The quantitative estimate of drug-likeness (QED) is 0.836. The Labute approximate surface area is 132 Å². The average molecular weight is 324 g/mol. The molecule has 122 valence electrons. The van der Waals surface area contributed by atoms with Crippen LogP contribution in [-0.2, 0) is 9.84 Å². The molecule has 2 atom stereocenters. The van der Waals surface area contributed by atoms with E-state index in [1.807, 2.05) is 18.0 Å². The van der Waals surface area contributed by atoms with Gasteiger partial charge in [0.2, 0.25) is 0 Å². The summed E-state index contributed by atoms with van der Waals surface area (Å²) in [4.78, 5) is 13.0. The molecular formula is C15H24N4O2S. The molecule has 1 aromatic rings. The molecule has 6 nitrogen and oxygen atoms in total. The first kappa shape index (κ1) is 15.5. The normalized spacial score (nSPS) is 27.8. The van der Waals surface area contributed by atoms with E-state index in [4.69, 9.17) is 0 Å². The summed E-state index contributed by atoms with van der Waals surface area (Å²) in [5, 5.41) is 0. The molecular weight excluding hydrogens is 300 g/mol. The molecule has 3 rings (SSSR count). The number of nitrogens with zero attached hydrogens (tertiary/aromatic N) is 4. The van der Waals surface area contributed by atoms with Crippen LogP contribution < -0.4 is 9.80 Å². The first-order valence-electron chi connectivity index (χ1n) is 7.95. The fraction of sp³-hybridized carbons (Fsp3) is 0.733. The zero-order valence-electron chi connectivity index (χ0n) is 13.3. The van der Waals surface area contributed by atoms with Crippen LogP contribution in [0.25, 0.3) is 0 Å². The highest BCUT2D eigenvalue weighted by Gasteiger charge is 2.31. The third kappa shape index (κ3) is 3.34. The molecule has 0 radical (unpaired) electrons. The van der Waals surface area contributed by atoms with E-state index in [9.17, 15) is 8.42 Å². The van der Waals surface area contributed by atoms with Gasteiger partial charge in [-0.05, 0) is 25.2 Å². The van der Waals surface area contributed by atoms with Crippen LogP contribution in [-0.4, -0.2) is 56.1 Å². The monoisotopic (exact) mass is 324 g/mol. The molecule has 0 aliphatic carbocycles. The van der Waals surface area contributed by atoms with Crippen LogP contribution in [0, 0.1) is 5.92 Å². The zero-order valence-corrected chi connectivity index (χ0v) is 14.1. The number of sulfone groups is 1. The van der Waals surface area contributed by atoms with Gasteiger partial charge in [-0.2, -0.15) is 0 Å². The Bertz CT molecular complexity index is 634. The van der Waals surface area contributed by atoms with Crippen LogP contribution >= 0.6 is 0 Å². The van der Waals surface area contributed by atoms with Gasteiger partial charge in [-0.1, -0.05) is 6.92 Å². The van der Waals surface area contributed by atoms with Crippen molar-refractivity contribution in [1.29, 1.82) is 0 Å². The molecule has 0 amide bonds. The third-order valence-corrected chi connectivity index (χ3v) is 6.49. The lowest BCUT2D eigenvalue weighted by molar-refractivity contribution is 0.444. The molecule has 1 aromatic heterocycles. The van der Waals surface area contributed by atoms with Gasteiger partial charge in [-0.3, -0.25) is 0 Å². The second kappa shape index (κ2) is 6.02. The summed E-state index contributed by atoms with van der Waals surface area (Å²) in [5.74, 6) is 2.95. The van der Waals surface area contributed by atoms with Gasteiger partial charge >= 0.3 is 0 Å². The maximum Gasteiger partial charge on any atom is 0.152 e. The lowest BCUT2D eigenvalue weighted by Gasteiger charge is -2.32. The summed E-state index contributed by atoms with van der Waals surface area (Å²) in [6.07, 6.45) is 4.73. The van der Waals surface area contributed by atoms with Crippen molar-refractivity contribution < 1.29 is 8.42 Å². The second-order valence-corrected chi connectivity index (χ2v) is 8.82. The van der Waals surface area contributed by atoms with E-state index >= 15 is 0 Å². The predicted octanol–water partition coefficient (Wildman–Crippen LogP) is 1.34. The van der Waals surface area contributed by atoms with Gasteiger partial charge in [0.05, 0.1) is 11.5 Å². The summed E-state index contributed by atoms with van der Waals surface area (Å²) in [5.41, 5.74) is 0.